The van der Waals surface area contributed by atoms with Gasteiger partial charge in [-0.15, -0.1) is 0 Å². The van der Waals surface area contributed by atoms with Gasteiger partial charge >= 0.3 is 0 Å². The molecule has 1 aromatic rings. The maximum Gasteiger partial charge on any atom is 0.231 e. The molecule has 1 amide bonds. The summed E-state index contributed by atoms with van der Waals surface area (Å²) in [6.07, 6.45) is 2.12. The minimum atomic E-state index is -0.479. The number of carbonyl (C=O) groups excluding carboxylic acids is 1. The standard InChI is InChI=1S/C16H24N2O2/c1-16(2,12-18-10-6-9-14(18)11-19)15(20)17-13-7-4-3-5-8-13/h3-5,7-8,14,19H,6,9-12H2,1-2H3,(H,17,20)/t14-/m1/s1. The lowest BCUT2D eigenvalue weighted by molar-refractivity contribution is -0.125. The molecule has 110 valence electrons. The number of rotatable bonds is 5. The van der Waals surface area contributed by atoms with Gasteiger partial charge in [0.05, 0.1) is 12.0 Å². The van der Waals surface area contributed by atoms with E-state index in [-0.39, 0.29) is 18.6 Å². The van der Waals surface area contributed by atoms with Crippen molar-refractivity contribution >= 4 is 11.6 Å². The van der Waals surface area contributed by atoms with E-state index in [1.807, 2.05) is 44.2 Å². The summed E-state index contributed by atoms with van der Waals surface area (Å²) in [7, 11) is 0. The Balaban J connectivity index is 1.97. The van der Waals surface area contributed by atoms with Gasteiger partial charge in [0.15, 0.2) is 0 Å². The van der Waals surface area contributed by atoms with E-state index in [4.69, 9.17) is 0 Å². The molecule has 1 aliphatic rings. The summed E-state index contributed by atoms with van der Waals surface area (Å²) in [5, 5.41) is 12.3. The van der Waals surface area contributed by atoms with Crippen molar-refractivity contribution in [3.63, 3.8) is 0 Å². The monoisotopic (exact) mass is 276 g/mol. The van der Waals surface area contributed by atoms with E-state index >= 15 is 0 Å². The number of hydrogen-bond donors (Lipinski definition) is 2. The number of nitrogens with one attached hydrogen (secondary N) is 1. The zero-order valence-electron chi connectivity index (χ0n) is 12.3. The second kappa shape index (κ2) is 6.37. The first-order chi connectivity index (χ1) is 9.53. The normalized spacial score (nSPS) is 20.1. The van der Waals surface area contributed by atoms with E-state index in [0.717, 1.165) is 25.1 Å². The average Bonchev–Trinajstić information content (AvgIpc) is 2.86. The minimum absolute atomic E-state index is 0.0206. The molecule has 4 heteroatoms. The molecule has 0 unspecified atom stereocenters. The van der Waals surface area contributed by atoms with Gasteiger partial charge < -0.3 is 10.4 Å². The van der Waals surface area contributed by atoms with Crippen LogP contribution in [0.25, 0.3) is 0 Å². The highest BCUT2D eigenvalue weighted by atomic mass is 16.3. The van der Waals surface area contributed by atoms with Gasteiger partial charge in [0.1, 0.15) is 0 Å². The Labute approximate surface area is 120 Å². The highest BCUT2D eigenvalue weighted by Gasteiger charge is 2.34. The zero-order valence-corrected chi connectivity index (χ0v) is 12.3. The van der Waals surface area contributed by atoms with E-state index in [1.54, 1.807) is 0 Å². The molecule has 1 atom stereocenters. The number of hydrogen-bond acceptors (Lipinski definition) is 3. The first-order valence-corrected chi connectivity index (χ1v) is 7.24. The highest BCUT2D eigenvalue weighted by molar-refractivity contribution is 5.94. The fourth-order valence-corrected chi connectivity index (χ4v) is 2.71. The Morgan fingerprint density at radius 2 is 2.10 bits per heavy atom. The van der Waals surface area contributed by atoms with Gasteiger partial charge in [0.25, 0.3) is 0 Å². The van der Waals surface area contributed by atoms with Crippen molar-refractivity contribution < 1.29 is 9.90 Å². The molecule has 1 saturated heterocycles. The van der Waals surface area contributed by atoms with Crippen molar-refractivity contribution in [2.24, 2.45) is 5.41 Å². The summed E-state index contributed by atoms with van der Waals surface area (Å²) in [5.41, 5.74) is 0.346. The molecule has 0 bridgehead atoms. The van der Waals surface area contributed by atoms with Crippen molar-refractivity contribution in [3.8, 4) is 0 Å². The van der Waals surface area contributed by atoms with Crippen molar-refractivity contribution in [3.05, 3.63) is 30.3 Å². The molecule has 0 saturated carbocycles. The summed E-state index contributed by atoms with van der Waals surface area (Å²) in [5.74, 6) is 0.0206. The van der Waals surface area contributed by atoms with Crippen LogP contribution < -0.4 is 5.32 Å². The van der Waals surface area contributed by atoms with E-state index in [1.165, 1.54) is 0 Å². The van der Waals surface area contributed by atoms with Crippen molar-refractivity contribution in [1.82, 2.24) is 4.90 Å². The molecule has 0 spiro atoms. The molecule has 20 heavy (non-hydrogen) atoms. The van der Waals surface area contributed by atoms with Crippen LogP contribution in [0.2, 0.25) is 0 Å². The molecular weight excluding hydrogens is 252 g/mol. The molecule has 1 aromatic carbocycles. The highest BCUT2D eigenvalue weighted by Crippen LogP contribution is 2.25. The van der Waals surface area contributed by atoms with Crippen LogP contribution in [-0.4, -0.2) is 41.7 Å². The van der Waals surface area contributed by atoms with Gasteiger partial charge in [-0.05, 0) is 45.4 Å². The second-order valence-corrected chi connectivity index (χ2v) is 6.15. The Hall–Kier alpha value is -1.39. The lowest BCUT2D eigenvalue weighted by Crippen LogP contribution is -2.44. The summed E-state index contributed by atoms with van der Waals surface area (Å²) >= 11 is 0. The molecule has 1 heterocycles. The van der Waals surface area contributed by atoms with Crippen molar-refractivity contribution in [1.29, 1.82) is 0 Å². The Morgan fingerprint density at radius 1 is 1.40 bits per heavy atom. The molecule has 2 N–H and O–H groups in total. The molecule has 0 radical (unpaired) electrons. The number of nitrogens with zero attached hydrogens (tertiary/aromatic N) is 1. The lowest BCUT2D eigenvalue weighted by Gasteiger charge is -2.32. The first-order valence-electron chi connectivity index (χ1n) is 7.24. The van der Waals surface area contributed by atoms with Crippen LogP contribution in [0.1, 0.15) is 26.7 Å². The summed E-state index contributed by atoms with van der Waals surface area (Å²) in [6.45, 7) is 5.73. The molecule has 0 aliphatic carbocycles. The molecule has 1 aliphatic heterocycles. The minimum Gasteiger partial charge on any atom is -0.395 e. The molecule has 0 aromatic heterocycles. The van der Waals surface area contributed by atoms with Crippen LogP contribution in [0.5, 0.6) is 0 Å². The Morgan fingerprint density at radius 3 is 2.75 bits per heavy atom. The molecule has 1 fully saturated rings. The number of aliphatic hydroxyl groups is 1. The van der Waals surface area contributed by atoms with Crippen LogP contribution in [0.15, 0.2) is 30.3 Å². The SMILES string of the molecule is CC(C)(CN1CCC[C@@H]1CO)C(=O)Nc1ccccc1. The average molecular weight is 276 g/mol. The Kier molecular flexibility index (Phi) is 4.78. The largest absolute Gasteiger partial charge is 0.395 e. The fourth-order valence-electron chi connectivity index (χ4n) is 2.71. The van der Waals surface area contributed by atoms with Gasteiger partial charge in [0.2, 0.25) is 5.91 Å². The van der Waals surface area contributed by atoms with E-state index in [2.05, 4.69) is 10.2 Å². The number of para-hydroxylation sites is 1. The summed E-state index contributed by atoms with van der Waals surface area (Å²) in [4.78, 5) is 14.6. The van der Waals surface area contributed by atoms with E-state index in [9.17, 15) is 9.90 Å². The number of anilines is 1. The van der Waals surface area contributed by atoms with E-state index < -0.39 is 5.41 Å². The van der Waals surface area contributed by atoms with Gasteiger partial charge in [-0.1, -0.05) is 18.2 Å². The summed E-state index contributed by atoms with van der Waals surface area (Å²) in [6, 6.07) is 9.73. The summed E-state index contributed by atoms with van der Waals surface area (Å²) < 4.78 is 0. The number of carbonyl (C=O) groups is 1. The number of aliphatic hydroxyl groups excluding tert-OH is 1. The molecule has 4 nitrogen and oxygen atoms in total. The fraction of sp³-hybridized carbons (Fsp3) is 0.562. The van der Waals surface area contributed by atoms with Crippen LogP contribution in [0.3, 0.4) is 0 Å². The topological polar surface area (TPSA) is 52.6 Å². The van der Waals surface area contributed by atoms with Crippen LogP contribution in [0.4, 0.5) is 5.69 Å². The van der Waals surface area contributed by atoms with Crippen LogP contribution in [0, 0.1) is 5.41 Å². The molecule has 2 rings (SSSR count). The molecular formula is C16H24N2O2. The maximum absolute atomic E-state index is 12.4. The third-order valence-electron chi connectivity index (χ3n) is 3.95. The van der Waals surface area contributed by atoms with Crippen LogP contribution >= 0.6 is 0 Å². The van der Waals surface area contributed by atoms with Crippen molar-refractivity contribution in [2.45, 2.75) is 32.7 Å². The zero-order chi connectivity index (χ0) is 14.6. The maximum atomic E-state index is 12.4. The van der Waals surface area contributed by atoms with E-state index in [0.29, 0.717) is 6.54 Å². The first kappa shape index (κ1) is 15.0. The van der Waals surface area contributed by atoms with Gasteiger partial charge in [-0.25, -0.2) is 0 Å². The second-order valence-electron chi connectivity index (χ2n) is 6.15. The van der Waals surface area contributed by atoms with Crippen LogP contribution in [-0.2, 0) is 4.79 Å². The number of likely N-dealkylation sites (tertiary alicyclic amines) is 1. The Bertz CT molecular complexity index is 445. The third kappa shape index (κ3) is 3.58. The van der Waals surface area contributed by atoms with Gasteiger partial charge in [-0.3, -0.25) is 9.69 Å². The predicted octanol–water partition coefficient (Wildman–Crippen LogP) is 2.11. The van der Waals surface area contributed by atoms with Gasteiger partial charge in [-0.2, -0.15) is 0 Å². The number of benzene rings is 1. The smallest absolute Gasteiger partial charge is 0.231 e. The quantitative estimate of drug-likeness (QED) is 0.866. The predicted molar refractivity (Wildman–Crippen MR) is 80.5 cm³/mol. The lowest BCUT2D eigenvalue weighted by atomic mass is 9.91. The third-order valence-corrected chi connectivity index (χ3v) is 3.95. The van der Waals surface area contributed by atoms with Gasteiger partial charge in [0, 0.05) is 18.3 Å². The van der Waals surface area contributed by atoms with Crippen molar-refractivity contribution in [2.75, 3.05) is 25.0 Å². The number of amides is 1.